The summed E-state index contributed by atoms with van der Waals surface area (Å²) in [4.78, 5) is 26.3. The first-order valence-corrected chi connectivity index (χ1v) is 11.0. The molecule has 1 aliphatic rings. The lowest BCUT2D eigenvalue weighted by Crippen LogP contribution is -2.27. The third-order valence-electron chi connectivity index (χ3n) is 5.25. The first kappa shape index (κ1) is 22.0. The van der Waals surface area contributed by atoms with Gasteiger partial charge in [0.05, 0.1) is 22.2 Å². The largest absolute Gasteiger partial charge is 0.391 e. The summed E-state index contributed by atoms with van der Waals surface area (Å²) in [5.41, 5.74) is 10.2. The number of carbonyl (C=O) groups excluding carboxylic acids is 1. The Morgan fingerprint density at radius 2 is 2.12 bits per heavy atom. The zero-order valence-corrected chi connectivity index (χ0v) is 19.0. The van der Waals surface area contributed by atoms with Gasteiger partial charge in [-0.3, -0.25) is 14.6 Å². The van der Waals surface area contributed by atoms with Crippen molar-refractivity contribution in [2.24, 2.45) is 0 Å². The number of nitrogens with one attached hydrogen (secondary N) is 2. The van der Waals surface area contributed by atoms with Crippen molar-refractivity contribution in [1.82, 2.24) is 15.4 Å². The minimum absolute atomic E-state index is 0.0157. The highest BCUT2D eigenvalue weighted by atomic mass is 35.5. The standard InChI is InChI=1S/C25H20ClN5O3/c1-15(32)14-34-30-25(33)19-6-5-18(12-20(19)26)22-8-9-23-24(28-22)31(29-23)13-16-4-7-21-17(11-16)3-2-10-27-21/h2-13,15,32H,14H2,1H3,(H-,29,30,33)/p+1. The van der Waals surface area contributed by atoms with Crippen molar-refractivity contribution in [3.05, 3.63) is 83.0 Å². The van der Waals surface area contributed by atoms with Crippen LogP contribution in [-0.2, 0) is 4.84 Å². The third kappa shape index (κ3) is 4.47. The lowest BCUT2D eigenvalue weighted by molar-refractivity contribution is -0.426. The van der Waals surface area contributed by atoms with E-state index in [0.717, 1.165) is 39.2 Å². The molecular formula is C25H21ClN5O3+. The first-order chi connectivity index (χ1) is 16.5. The van der Waals surface area contributed by atoms with Crippen LogP contribution >= 0.6 is 11.6 Å². The van der Waals surface area contributed by atoms with Gasteiger partial charge in [0.25, 0.3) is 5.91 Å². The molecule has 0 spiro atoms. The summed E-state index contributed by atoms with van der Waals surface area (Å²) in [7, 11) is 0. The van der Waals surface area contributed by atoms with E-state index in [4.69, 9.17) is 21.4 Å². The lowest BCUT2D eigenvalue weighted by Gasteiger charge is -2.18. The number of halogens is 1. The second-order valence-electron chi connectivity index (χ2n) is 7.92. The average molecular weight is 475 g/mol. The minimum Gasteiger partial charge on any atom is -0.391 e. The molecule has 0 saturated carbocycles. The van der Waals surface area contributed by atoms with Gasteiger partial charge in [0.1, 0.15) is 12.8 Å². The lowest BCUT2D eigenvalue weighted by atomic mass is 10.1. The van der Waals surface area contributed by atoms with Gasteiger partial charge in [-0.25, -0.2) is 10.9 Å². The van der Waals surface area contributed by atoms with E-state index in [1.807, 2.05) is 47.3 Å². The maximum atomic E-state index is 12.3. The van der Waals surface area contributed by atoms with E-state index >= 15 is 0 Å². The van der Waals surface area contributed by atoms with Crippen LogP contribution in [0.1, 0.15) is 22.8 Å². The number of rotatable bonds is 6. The van der Waals surface area contributed by atoms with Crippen LogP contribution in [-0.4, -0.2) is 44.6 Å². The minimum atomic E-state index is -0.690. The Balaban J connectivity index is 1.37. The summed E-state index contributed by atoms with van der Waals surface area (Å²) < 4.78 is 1.86. The van der Waals surface area contributed by atoms with E-state index in [1.165, 1.54) is 0 Å². The van der Waals surface area contributed by atoms with Crippen molar-refractivity contribution in [2.75, 3.05) is 12.0 Å². The summed E-state index contributed by atoms with van der Waals surface area (Å²) in [6, 6.07) is 18.9. The molecular weight excluding hydrogens is 454 g/mol. The number of carbonyl (C=O) groups is 1. The van der Waals surface area contributed by atoms with Gasteiger partial charge in [-0.05, 0) is 66.5 Å². The van der Waals surface area contributed by atoms with E-state index in [2.05, 4.69) is 22.0 Å². The van der Waals surface area contributed by atoms with Gasteiger partial charge in [-0.15, -0.1) is 4.68 Å². The number of amides is 1. The molecule has 0 bridgehead atoms. The molecule has 0 radical (unpaired) electrons. The molecule has 1 atom stereocenters. The van der Waals surface area contributed by atoms with Crippen molar-refractivity contribution in [1.29, 1.82) is 0 Å². The quantitative estimate of drug-likeness (QED) is 0.287. The number of pyridine rings is 2. The summed E-state index contributed by atoms with van der Waals surface area (Å²) in [5, 5.41) is 10.6. The van der Waals surface area contributed by atoms with Crippen LogP contribution in [0.15, 0.2) is 66.9 Å². The van der Waals surface area contributed by atoms with Gasteiger partial charge >= 0.3 is 5.82 Å². The Morgan fingerprint density at radius 3 is 2.94 bits per heavy atom. The summed E-state index contributed by atoms with van der Waals surface area (Å²) in [5.74, 6) is 0.297. The van der Waals surface area contributed by atoms with Crippen LogP contribution in [0.4, 0.5) is 11.5 Å². The molecule has 2 aromatic carbocycles. The van der Waals surface area contributed by atoms with E-state index in [1.54, 1.807) is 31.3 Å². The summed E-state index contributed by atoms with van der Waals surface area (Å²) >= 11 is 6.36. The van der Waals surface area contributed by atoms with E-state index < -0.39 is 12.0 Å². The van der Waals surface area contributed by atoms with Gasteiger partial charge in [0.15, 0.2) is 11.4 Å². The smallest absolute Gasteiger partial charge is 0.374 e. The number of hydrazone groups is 1. The number of hydroxylamine groups is 1. The third-order valence-corrected chi connectivity index (χ3v) is 5.56. The van der Waals surface area contributed by atoms with Crippen molar-refractivity contribution in [2.45, 2.75) is 13.0 Å². The first-order valence-electron chi connectivity index (χ1n) is 10.6. The Bertz CT molecular complexity index is 1440. The number of fused-ring (bicyclic) bond motifs is 2. The van der Waals surface area contributed by atoms with Gasteiger partial charge in [0.2, 0.25) is 0 Å². The maximum Gasteiger partial charge on any atom is 0.374 e. The predicted molar refractivity (Wildman–Crippen MR) is 130 cm³/mol. The van der Waals surface area contributed by atoms with Crippen molar-refractivity contribution in [3.8, 4) is 11.3 Å². The van der Waals surface area contributed by atoms with Gasteiger partial charge in [-0.2, -0.15) is 0 Å². The summed E-state index contributed by atoms with van der Waals surface area (Å²) in [6.45, 7) is 1.54. The van der Waals surface area contributed by atoms with E-state index in [-0.39, 0.29) is 17.2 Å². The Kier molecular flexibility index (Phi) is 5.93. The van der Waals surface area contributed by atoms with Gasteiger partial charge < -0.3 is 5.11 Å². The van der Waals surface area contributed by atoms with Gasteiger partial charge in [-0.1, -0.05) is 17.7 Å². The molecule has 2 aromatic heterocycles. The number of nitrogens with zero attached hydrogens (tertiary/aromatic N) is 3. The number of aliphatic hydroxyl groups excluding tert-OH is 1. The fourth-order valence-corrected chi connectivity index (χ4v) is 3.83. The van der Waals surface area contributed by atoms with Crippen LogP contribution in [0.3, 0.4) is 0 Å². The number of anilines is 1. The van der Waals surface area contributed by atoms with Crippen LogP contribution in [0, 0.1) is 0 Å². The molecule has 8 nitrogen and oxygen atoms in total. The van der Waals surface area contributed by atoms with Crippen molar-refractivity contribution in [3.63, 3.8) is 0 Å². The van der Waals surface area contributed by atoms with Gasteiger partial charge in [0, 0.05) is 22.7 Å². The summed E-state index contributed by atoms with van der Waals surface area (Å²) in [6.07, 6.45) is 3.06. The normalized spacial score (nSPS) is 14.3. The number of benzene rings is 2. The zero-order valence-electron chi connectivity index (χ0n) is 18.2. The van der Waals surface area contributed by atoms with Crippen LogP contribution in [0.25, 0.3) is 22.2 Å². The number of aromatic nitrogens is 2. The van der Waals surface area contributed by atoms with Crippen molar-refractivity contribution >= 4 is 46.1 Å². The fourth-order valence-electron chi connectivity index (χ4n) is 3.57. The molecule has 4 aromatic rings. The maximum absolute atomic E-state index is 12.3. The van der Waals surface area contributed by atoms with E-state index in [0.29, 0.717) is 0 Å². The molecule has 1 unspecified atom stereocenters. The molecule has 1 amide bonds. The number of aliphatic hydroxyl groups is 1. The monoisotopic (exact) mass is 474 g/mol. The second-order valence-corrected chi connectivity index (χ2v) is 8.33. The topological polar surface area (TPSA) is 99.4 Å². The van der Waals surface area contributed by atoms with Crippen LogP contribution < -0.4 is 10.9 Å². The Morgan fingerprint density at radius 1 is 1.24 bits per heavy atom. The SMILES string of the molecule is CC(O)CONC(=O)c1ccc(-c2ccc3c(n2)[N+](=Cc2ccc4ncccc4c2)N3)cc1Cl. The van der Waals surface area contributed by atoms with E-state index in [9.17, 15) is 9.90 Å². The molecule has 3 heterocycles. The highest BCUT2D eigenvalue weighted by molar-refractivity contribution is 6.34. The molecule has 0 saturated heterocycles. The zero-order chi connectivity index (χ0) is 23.7. The molecule has 170 valence electrons. The Hall–Kier alpha value is -3.85. The van der Waals surface area contributed by atoms with Crippen LogP contribution in [0.5, 0.6) is 0 Å². The highest BCUT2D eigenvalue weighted by Crippen LogP contribution is 2.34. The molecule has 1 aliphatic heterocycles. The van der Waals surface area contributed by atoms with Crippen molar-refractivity contribution < 1.29 is 19.4 Å². The van der Waals surface area contributed by atoms with Crippen LogP contribution in [0.2, 0.25) is 5.02 Å². The predicted octanol–water partition coefficient (Wildman–Crippen LogP) is 4.10. The molecule has 34 heavy (non-hydrogen) atoms. The second kappa shape index (κ2) is 9.18. The molecule has 9 heteroatoms. The fraction of sp³-hybridized carbons (Fsp3) is 0.120. The Labute approximate surface area is 200 Å². The number of hydrogen-bond donors (Lipinski definition) is 3. The highest BCUT2D eigenvalue weighted by Gasteiger charge is 2.30. The number of hydrazine groups is 1. The molecule has 5 rings (SSSR count). The molecule has 0 fully saturated rings. The molecule has 0 aliphatic carbocycles. The number of hydrogen-bond acceptors (Lipinski definition) is 6. The molecule has 3 N–H and O–H groups in total. The average Bonchev–Trinajstić information content (AvgIpc) is 2.82.